The quantitative estimate of drug-likeness (QED) is 0.818. The number of amides is 1. The number of nitrogens with one attached hydrogen (secondary N) is 1. The van der Waals surface area contributed by atoms with E-state index in [9.17, 15) is 18.0 Å². The Morgan fingerprint density at radius 2 is 1.95 bits per heavy atom. The number of rotatable bonds is 5. The molecule has 0 spiro atoms. The standard InChI is InChI=1S/C13H15NO5S/c1-20(17,18)11-5-3-2-4-10(11)14-12(15)8-19-13(16)9-6-7-9/h2-5,9H,6-8H2,1H3,(H,14,15). The minimum atomic E-state index is -3.44. The average Bonchev–Trinajstić information content (AvgIpc) is 3.19. The number of esters is 1. The molecular weight excluding hydrogens is 282 g/mol. The third-order valence-corrected chi connectivity index (χ3v) is 3.97. The molecule has 0 saturated heterocycles. The van der Waals surface area contributed by atoms with Crippen molar-refractivity contribution >= 4 is 27.4 Å². The van der Waals surface area contributed by atoms with Crippen LogP contribution in [0.5, 0.6) is 0 Å². The van der Waals surface area contributed by atoms with E-state index in [2.05, 4.69) is 5.32 Å². The first-order valence-corrected chi connectivity index (χ1v) is 8.02. The first kappa shape index (κ1) is 14.5. The Morgan fingerprint density at radius 1 is 1.30 bits per heavy atom. The lowest BCUT2D eigenvalue weighted by Crippen LogP contribution is -2.22. The summed E-state index contributed by atoms with van der Waals surface area (Å²) in [5.41, 5.74) is 0.183. The Hall–Kier alpha value is -1.89. The molecule has 0 unspecified atom stereocenters. The Balaban J connectivity index is 1.99. The van der Waals surface area contributed by atoms with Crippen LogP contribution in [0.1, 0.15) is 12.8 Å². The molecule has 2 rings (SSSR count). The highest BCUT2D eigenvalue weighted by Gasteiger charge is 2.31. The Labute approximate surface area is 117 Å². The maximum Gasteiger partial charge on any atom is 0.309 e. The van der Waals surface area contributed by atoms with Crippen molar-refractivity contribution in [3.05, 3.63) is 24.3 Å². The zero-order valence-corrected chi connectivity index (χ0v) is 11.8. The number of anilines is 1. The third-order valence-electron chi connectivity index (χ3n) is 2.82. The highest BCUT2D eigenvalue weighted by atomic mass is 32.2. The number of para-hydroxylation sites is 1. The van der Waals surface area contributed by atoms with Crippen LogP contribution in [0.3, 0.4) is 0 Å². The van der Waals surface area contributed by atoms with E-state index in [0.29, 0.717) is 0 Å². The van der Waals surface area contributed by atoms with Crippen LogP contribution in [-0.2, 0) is 24.2 Å². The molecule has 1 aromatic carbocycles. The minimum absolute atomic E-state index is 0.0295. The summed E-state index contributed by atoms with van der Waals surface area (Å²) in [5, 5.41) is 2.44. The van der Waals surface area contributed by atoms with Crippen molar-refractivity contribution in [3.8, 4) is 0 Å². The van der Waals surface area contributed by atoms with Crippen molar-refractivity contribution in [3.63, 3.8) is 0 Å². The summed E-state index contributed by atoms with van der Waals surface area (Å²) in [4.78, 5) is 23.0. The molecule has 0 aliphatic heterocycles. The maximum absolute atomic E-state index is 11.7. The van der Waals surface area contributed by atoms with Gasteiger partial charge in [-0.05, 0) is 25.0 Å². The Bertz CT molecular complexity index is 634. The zero-order valence-electron chi connectivity index (χ0n) is 11.0. The van der Waals surface area contributed by atoms with Crippen LogP contribution in [0.4, 0.5) is 5.69 Å². The van der Waals surface area contributed by atoms with Gasteiger partial charge >= 0.3 is 5.97 Å². The molecule has 7 heteroatoms. The fourth-order valence-corrected chi connectivity index (χ4v) is 2.50. The largest absolute Gasteiger partial charge is 0.455 e. The van der Waals surface area contributed by atoms with Gasteiger partial charge in [-0.3, -0.25) is 9.59 Å². The molecule has 6 nitrogen and oxygen atoms in total. The SMILES string of the molecule is CS(=O)(=O)c1ccccc1NC(=O)COC(=O)C1CC1. The highest BCUT2D eigenvalue weighted by molar-refractivity contribution is 7.90. The molecule has 1 amide bonds. The molecule has 1 saturated carbocycles. The molecule has 1 N–H and O–H groups in total. The number of hydrogen-bond acceptors (Lipinski definition) is 5. The van der Waals surface area contributed by atoms with Gasteiger partial charge in [0.2, 0.25) is 0 Å². The summed E-state index contributed by atoms with van der Waals surface area (Å²) >= 11 is 0. The number of carbonyl (C=O) groups is 2. The van der Waals surface area contributed by atoms with Gasteiger partial charge in [0.1, 0.15) is 0 Å². The highest BCUT2D eigenvalue weighted by Crippen LogP contribution is 2.30. The minimum Gasteiger partial charge on any atom is -0.455 e. The Kier molecular flexibility index (Phi) is 4.08. The molecule has 0 radical (unpaired) electrons. The van der Waals surface area contributed by atoms with Crippen LogP contribution in [0.25, 0.3) is 0 Å². The van der Waals surface area contributed by atoms with Crippen LogP contribution in [0.2, 0.25) is 0 Å². The molecule has 1 aliphatic carbocycles. The van der Waals surface area contributed by atoms with E-state index in [-0.39, 0.29) is 22.5 Å². The number of carbonyl (C=O) groups excluding carboxylic acids is 2. The van der Waals surface area contributed by atoms with Crippen LogP contribution in [0, 0.1) is 5.92 Å². The lowest BCUT2D eigenvalue weighted by molar-refractivity contribution is -0.148. The first-order valence-electron chi connectivity index (χ1n) is 6.13. The van der Waals surface area contributed by atoms with Gasteiger partial charge in [-0.25, -0.2) is 8.42 Å². The van der Waals surface area contributed by atoms with Gasteiger partial charge in [0.05, 0.1) is 16.5 Å². The fraction of sp³-hybridized carbons (Fsp3) is 0.385. The third kappa shape index (κ3) is 3.80. The summed E-state index contributed by atoms with van der Waals surface area (Å²) in [5.74, 6) is -1.02. The van der Waals surface area contributed by atoms with Crippen molar-refractivity contribution < 1.29 is 22.7 Å². The van der Waals surface area contributed by atoms with Crippen LogP contribution in [0.15, 0.2) is 29.2 Å². The second-order valence-corrected chi connectivity index (χ2v) is 6.68. The molecule has 0 heterocycles. The lowest BCUT2D eigenvalue weighted by Gasteiger charge is -2.09. The monoisotopic (exact) mass is 297 g/mol. The summed E-state index contributed by atoms with van der Waals surface area (Å²) in [6.45, 7) is -0.409. The number of benzene rings is 1. The van der Waals surface area contributed by atoms with E-state index in [1.54, 1.807) is 12.1 Å². The maximum atomic E-state index is 11.7. The average molecular weight is 297 g/mol. The first-order chi connectivity index (χ1) is 9.38. The van der Waals surface area contributed by atoms with Crippen molar-refractivity contribution in [2.24, 2.45) is 5.92 Å². The van der Waals surface area contributed by atoms with Crippen molar-refractivity contribution in [1.29, 1.82) is 0 Å². The molecule has 1 aliphatic rings. The van der Waals surface area contributed by atoms with E-state index >= 15 is 0 Å². The summed E-state index contributed by atoms with van der Waals surface area (Å²) in [7, 11) is -3.44. The predicted octanol–water partition coefficient (Wildman–Crippen LogP) is 0.982. The van der Waals surface area contributed by atoms with Crippen molar-refractivity contribution in [2.45, 2.75) is 17.7 Å². The second kappa shape index (κ2) is 5.62. The van der Waals surface area contributed by atoms with Crippen molar-refractivity contribution in [2.75, 3.05) is 18.2 Å². The van der Waals surface area contributed by atoms with Crippen molar-refractivity contribution in [1.82, 2.24) is 0 Å². The molecule has 0 aromatic heterocycles. The fourth-order valence-electron chi connectivity index (χ4n) is 1.65. The van der Waals surface area contributed by atoms with E-state index in [0.717, 1.165) is 19.1 Å². The van der Waals surface area contributed by atoms with Gasteiger partial charge in [-0.1, -0.05) is 12.1 Å². The molecule has 0 bridgehead atoms. The van der Waals surface area contributed by atoms with Crippen LogP contribution < -0.4 is 5.32 Å². The number of hydrogen-bond donors (Lipinski definition) is 1. The van der Waals surface area contributed by atoms with Crippen LogP contribution >= 0.6 is 0 Å². The predicted molar refractivity (Wildman–Crippen MR) is 71.9 cm³/mol. The molecule has 20 heavy (non-hydrogen) atoms. The summed E-state index contributed by atoms with van der Waals surface area (Å²) < 4.78 is 27.9. The number of sulfone groups is 1. The molecule has 108 valence electrons. The van der Waals surface area contributed by atoms with Gasteiger partial charge < -0.3 is 10.1 Å². The van der Waals surface area contributed by atoms with Gasteiger partial charge in [-0.2, -0.15) is 0 Å². The summed E-state index contributed by atoms with van der Waals surface area (Å²) in [6, 6.07) is 6.07. The van der Waals surface area contributed by atoms with Gasteiger partial charge in [-0.15, -0.1) is 0 Å². The van der Waals surface area contributed by atoms with E-state index < -0.39 is 22.4 Å². The normalized spacial score (nSPS) is 14.7. The van der Waals surface area contributed by atoms with E-state index in [1.807, 2.05) is 0 Å². The van der Waals surface area contributed by atoms with Gasteiger partial charge in [0.25, 0.3) is 5.91 Å². The van der Waals surface area contributed by atoms with Gasteiger partial charge in [0.15, 0.2) is 16.4 Å². The van der Waals surface area contributed by atoms with Crippen LogP contribution in [-0.4, -0.2) is 33.2 Å². The second-order valence-electron chi connectivity index (χ2n) is 4.70. The van der Waals surface area contributed by atoms with Gasteiger partial charge in [0, 0.05) is 6.26 Å². The number of ether oxygens (including phenoxy) is 1. The molecular formula is C13H15NO5S. The molecule has 1 fully saturated rings. The smallest absolute Gasteiger partial charge is 0.309 e. The lowest BCUT2D eigenvalue weighted by atomic mass is 10.3. The zero-order chi connectivity index (χ0) is 14.8. The van der Waals surface area contributed by atoms with E-state index in [4.69, 9.17) is 4.74 Å². The summed E-state index contributed by atoms with van der Waals surface area (Å²) in [6.07, 6.45) is 2.67. The Morgan fingerprint density at radius 3 is 2.55 bits per heavy atom. The molecule has 1 aromatic rings. The molecule has 0 atom stereocenters. The van der Waals surface area contributed by atoms with E-state index in [1.165, 1.54) is 12.1 Å². The topological polar surface area (TPSA) is 89.5 Å².